The molecule has 0 bridgehead atoms. The van der Waals surface area contributed by atoms with Crippen molar-refractivity contribution in [1.82, 2.24) is 4.98 Å². The van der Waals surface area contributed by atoms with E-state index in [0.717, 1.165) is 5.56 Å². The van der Waals surface area contributed by atoms with Crippen LogP contribution in [0.5, 0.6) is 0 Å². The number of fused-ring (bicyclic) bond motifs is 1. The van der Waals surface area contributed by atoms with Crippen molar-refractivity contribution in [2.24, 2.45) is 5.41 Å². The molecule has 7 heteroatoms. The van der Waals surface area contributed by atoms with Gasteiger partial charge in [-0.25, -0.2) is 9.78 Å². The van der Waals surface area contributed by atoms with Gasteiger partial charge in [-0.1, -0.05) is 0 Å². The van der Waals surface area contributed by atoms with E-state index in [0.29, 0.717) is 5.56 Å². The van der Waals surface area contributed by atoms with Crippen molar-refractivity contribution in [2.45, 2.75) is 39.4 Å². The summed E-state index contributed by atoms with van der Waals surface area (Å²) in [5.41, 5.74) is 0.205. The van der Waals surface area contributed by atoms with Gasteiger partial charge in [-0.3, -0.25) is 9.59 Å². The zero-order chi connectivity index (χ0) is 16.8. The summed E-state index contributed by atoms with van der Waals surface area (Å²) in [6.07, 6.45) is 1.79. The van der Waals surface area contributed by atoms with Crippen LogP contribution in [0.25, 0.3) is 0 Å². The van der Waals surface area contributed by atoms with Crippen molar-refractivity contribution in [1.29, 1.82) is 0 Å². The summed E-state index contributed by atoms with van der Waals surface area (Å²) in [6, 6.07) is 1.56. The summed E-state index contributed by atoms with van der Waals surface area (Å²) in [6.45, 7) is 4.97. The third kappa shape index (κ3) is 2.46. The average Bonchev–Trinajstić information content (AvgIpc) is 2.84. The Hall–Kier alpha value is -2.44. The van der Waals surface area contributed by atoms with E-state index >= 15 is 0 Å². The van der Waals surface area contributed by atoms with E-state index in [1.807, 2.05) is 0 Å². The van der Waals surface area contributed by atoms with Crippen LogP contribution in [0.1, 0.15) is 42.4 Å². The van der Waals surface area contributed by atoms with Crippen LogP contribution < -0.4 is 0 Å². The maximum Gasteiger partial charge on any atom is 0.356 e. The monoisotopic (exact) mass is 319 g/mol. The summed E-state index contributed by atoms with van der Waals surface area (Å²) in [5.74, 6) is -3.01. The van der Waals surface area contributed by atoms with E-state index in [1.54, 1.807) is 13.0 Å². The lowest BCUT2D eigenvalue weighted by Crippen LogP contribution is -2.54. The minimum absolute atomic E-state index is 0.130. The summed E-state index contributed by atoms with van der Waals surface area (Å²) in [4.78, 5) is 40.6. The first-order valence-electron chi connectivity index (χ1n) is 7.39. The predicted molar refractivity (Wildman–Crippen MR) is 76.3 cm³/mol. The van der Waals surface area contributed by atoms with E-state index < -0.39 is 29.1 Å². The normalized spacial score (nSPS) is 20.7. The summed E-state index contributed by atoms with van der Waals surface area (Å²) in [7, 11) is 0. The summed E-state index contributed by atoms with van der Waals surface area (Å²) >= 11 is 0. The Balaban J connectivity index is 1.91. The molecular weight excluding hydrogens is 302 g/mol. The third-order valence-corrected chi connectivity index (χ3v) is 4.01. The molecule has 1 aliphatic heterocycles. The molecule has 3 rings (SSSR count). The van der Waals surface area contributed by atoms with Crippen LogP contribution in [0.2, 0.25) is 0 Å². The van der Waals surface area contributed by atoms with Gasteiger partial charge in [0.15, 0.2) is 5.41 Å². The minimum atomic E-state index is -1.38. The molecule has 0 radical (unpaired) electrons. The van der Waals surface area contributed by atoms with E-state index in [2.05, 4.69) is 4.98 Å². The van der Waals surface area contributed by atoms with Crippen LogP contribution in [0, 0.1) is 5.41 Å². The zero-order valence-electron chi connectivity index (χ0n) is 13.2. The summed E-state index contributed by atoms with van der Waals surface area (Å²) < 4.78 is 15.4. The number of nitrogens with zero attached hydrogens (tertiary/aromatic N) is 1. The standard InChI is InChI=1S/C16H17NO6/c1-4-21-12(18)11-5-9-6-16(7-10(9)8-17-11)13(19)22-15(2,3)23-14(16)20/h5,8H,4,6-7H2,1-3H3. The highest BCUT2D eigenvalue weighted by molar-refractivity contribution is 6.03. The van der Waals surface area contributed by atoms with Gasteiger partial charge in [-0.05, 0) is 30.5 Å². The van der Waals surface area contributed by atoms with Gasteiger partial charge in [0.1, 0.15) is 5.69 Å². The maximum atomic E-state index is 12.4. The first-order chi connectivity index (χ1) is 10.8. The van der Waals surface area contributed by atoms with E-state index in [-0.39, 0.29) is 25.1 Å². The van der Waals surface area contributed by atoms with Crippen molar-refractivity contribution in [3.8, 4) is 0 Å². The third-order valence-electron chi connectivity index (χ3n) is 4.01. The molecule has 1 spiro atoms. The van der Waals surface area contributed by atoms with Crippen LogP contribution in [0.15, 0.2) is 12.3 Å². The molecule has 1 aliphatic carbocycles. The summed E-state index contributed by atoms with van der Waals surface area (Å²) in [5, 5.41) is 0. The highest BCUT2D eigenvalue weighted by Crippen LogP contribution is 2.43. The van der Waals surface area contributed by atoms with E-state index in [9.17, 15) is 14.4 Å². The second kappa shape index (κ2) is 5.04. The Morgan fingerprint density at radius 1 is 1.22 bits per heavy atom. The number of cyclic esters (lactones) is 2. The number of ether oxygens (including phenoxy) is 3. The number of carbonyl (C=O) groups excluding carboxylic acids is 3. The number of aromatic nitrogens is 1. The number of hydrogen-bond acceptors (Lipinski definition) is 7. The molecule has 0 atom stereocenters. The Labute approximate surface area is 132 Å². The number of rotatable bonds is 2. The molecule has 0 N–H and O–H groups in total. The van der Waals surface area contributed by atoms with Gasteiger partial charge in [0.25, 0.3) is 5.79 Å². The molecule has 0 aromatic carbocycles. The lowest BCUT2D eigenvalue weighted by atomic mass is 9.84. The van der Waals surface area contributed by atoms with Crippen molar-refractivity contribution >= 4 is 17.9 Å². The van der Waals surface area contributed by atoms with Gasteiger partial charge in [0, 0.05) is 26.5 Å². The molecule has 0 amide bonds. The fourth-order valence-electron chi connectivity index (χ4n) is 2.91. The average molecular weight is 319 g/mol. The molecule has 0 saturated carbocycles. The topological polar surface area (TPSA) is 91.8 Å². The Morgan fingerprint density at radius 3 is 2.43 bits per heavy atom. The van der Waals surface area contributed by atoms with Crippen molar-refractivity contribution < 1.29 is 28.6 Å². The van der Waals surface area contributed by atoms with Crippen LogP contribution >= 0.6 is 0 Å². The minimum Gasteiger partial charge on any atom is -0.461 e. The fourth-order valence-corrected chi connectivity index (χ4v) is 2.91. The highest BCUT2D eigenvalue weighted by Gasteiger charge is 2.58. The fraction of sp³-hybridized carbons (Fsp3) is 0.500. The number of esters is 3. The van der Waals surface area contributed by atoms with Gasteiger partial charge < -0.3 is 14.2 Å². The second-order valence-electron chi connectivity index (χ2n) is 6.17. The molecule has 1 aromatic heterocycles. The molecule has 1 saturated heterocycles. The van der Waals surface area contributed by atoms with Gasteiger partial charge in [-0.15, -0.1) is 0 Å². The maximum absolute atomic E-state index is 12.4. The Kier molecular flexibility index (Phi) is 3.39. The molecule has 1 fully saturated rings. The molecule has 23 heavy (non-hydrogen) atoms. The van der Waals surface area contributed by atoms with Crippen molar-refractivity contribution in [2.75, 3.05) is 6.61 Å². The molecular formula is C16H17NO6. The smallest absolute Gasteiger partial charge is 0.356 e. The predicted octanol–water partition coefficient (Wildman–Crippen LogP) is 1.18. The number of carbonyl (C=O) groups is 3. The van der Waals surface area contributed by atoms with Crippen molar-refractivity contribution in [3.05, 3.63) is 29.1 Å². The quantitative estimate of drug-likeness (QED) is 0.597. The molecule has 2 aliphatic rings. The molecule has 7 nitrogen and oxygen atoms in total. The first kappa shape index (κ1) is 15.5. The van der Waals surface area contributed by atoms with Crippen LogP contribution in [0.4, 0.5) is 0 Å². The SMILES string of the molecule is CCOC(=O)c1cc2c(cn1)CC1(C2)C(=O)OC(C)(C)OC1=O. The highest BCUT2D eigenvalue weighted by atomic mass is 16.7. The van der Waals surface area contributed by atoms with Crippen LogP contribution in [-0.4, -0.2) is 35.3 Å². The zero-order valence-corrected chi connectivity index (χ0v) is 13.2. The molecule has 2 heterocycles. The van der Waals surface area contributed by atoms with Gasteiger partial charge in [0.05, 0.1) is 6.61 Å². The van der Waals surface area contributed by atoms with Crippen LogP contribution in [0.3, 0.4) is 0 Å². The first-order valence-corrected chi connectivity index (χ1v) is 7.39. The number of pyridine rings is 1. The molecule has 0 unspecified atom stereocenters. The Bertz CT molecular complexity index is 689. The van der Waals surface area contributed by atoms with E-state index in [1.165, 1.54) is 20.0 Å². The second-order valence-corrected chi connectivity index (χ2v) is 6.17. The largest absolute Gasteiger partial charge is 0.461 e. The van der Waals surface area contributed by atoms with Gasteiger partial charge in [0.2, 0.25) is 0 Å². The van der Waals surface area contributed by atoms with Crippen LogP contribution in [-0.2, 0) is 36.6 Å². The van der Waals surface area contributed by atoms with Crippen molar-refractivity contribution in [3.63, 3.8) is 0 Å². The lowest BCUT2D eigenvalue weighted by molar-refractivity contribution is -0.250. The molecule has 122 valence electrons. The Morgan fingerprint density at radius 2 is 1.83 bits per heavy atom. The molecule has 1 aromatic rings. The lowest BCUT2D eigenvalue weighted by Gasteiger charge is -2.38. The van der Waals surface area contributed by atoms with Gasteiger partial charge in [-0.2, -0.15) is 0 Å². The van der Waals surface area contributed by atoms with Gasteiger partial charge >= 0.3 is 17.9 Å². The van der Waals surface area contributed by atoms with E-state index in [4.69, 9.17) is 14.2 Å². The number of hydrogen-bond donors (Lipinski definition) is 0.